The molecule has 0 amide bonds. The molecule has 0 heterocycles. The summed E-state index contributed by atoms with van der Waals surface area (Å²) in [6, 6.07) is 5.61. The minimum Gasteiger partial charge on any atom is -0.460 e. The third-order valence-corrected chi connectivity index (χ3v) is 2.41. The Morgan fingerprint density at radius 3 is 2.50 bits per heavy atom. The van der Waals surface area contributed by atoms with E-state index in [0.29, 0.717) is 5.02 Å². The molecule has 0 atom stereocenters. The molecule has 0 aliphatic heterocycles. The normalized spacial score (nSPS) is 11.3. The van der Waals surface area contributed by atoms with E-state index in [2.05, 4.69) is 0 Å². The van der Waals surface area contributed by atoms with Crippen LogP contribution in [0.3, 0.4) is 0 Å². The summed E-state index contributed by atoms with van der Waals surface area (Å²) in [7, 11) is 0. The third-order valence-electron chi connectivity index (χ3n) is 2.00. The van der Waals surface area contributed by atoms with Gasteiger partial charge in [0.1, 0.15) is 5.60 Å². The third kappa shape index (κ3) is 4.23. The molecule has 1 rings (SSSR count). The van der Waals surface area contributed by atoms with Crippen LogP contribution in [0, 0.1) is 6.92 Å². The van der Waals surface area contributed by atoms with Gasteiger partial charge in [-0.1, -0.05) is 23.7 Å². The molecule has 3 heteroatoms. The zero-order chi connectivity index (χ0) is 12.3. The van der Waals surface area contributed by atoms with Gasteiger partial charge in [0.2, 0.25) is 0 Å². The van der Waals surface area contributed by atoms with E-state index in [9.17, 15) is 4.79 Å². The summed E-state index contributed by atoms with van der Waals surface area (Å²) >= 11 is 5.98. The number of rotatable bonds is 2. The first kappa shape index (κ1) is 13.0. The van der Waals surface area contributed by atoms with E-state index in [1.807, 2.05) is 39.8 Å². The Morgan fingerprint density at radius 1 is 1.38 bits per heavy atom. The summed E-state index contributed by atoms with van der Waals surface area (Å²) in [5.74, 6) is -0.229. The molecule has 2 nitrogen and oxygen atoms in total. The summed E-state index contributed by atoms with van der Waals surface area (Å²) in [6.45, 7) is 7.49. The minimum absolute atomic E-state index is 0.229. The monoisotopic (exact) mass is 240 g/mol. The number of benzene rings is 1. The van der Waals surface area contributed by atoms with Gasteiger partial charge in [0.15, 0.2) is 0 Å². The number of carbonyl (C=O) groups is 1. The van der Waals surface area contributed by atoms with Gasteiger partial charge in [0.25, 0.3) is 0 Å². The fraction of sp³-hybridized carbons (Fsp3) is 0.462. The van der Waals surface area contributed by atoms with E-state index in [1.165, 1.54) is 0 Å². The first-order valence-electron chi connectivity index (χ1n) is 5.25. The molecule has 0 bridgehead atoms. The second-order valence-corrected chi connectivity index (χ2v) is 5.25. The number of ether oxygens (including phenoxy) is 1. The average Bonchev–Trinajstić information content (AvgIpc) is 2.08. The number of esters is 1. The molecular weight excluding hydrogens is 224 g/mol. The molecular formula is C13H17ClO2. The molecule has 1 aromatic rings. The maximum Gasteiger partial charge on any atom is 0.310 e. The molecule has 0 radical (unpaired) electrons. The van der Waals surface area contributed by atoms with Crippen LogP contribution >= 0.6 is 11.6 Å². The lowest BCUT2D eigenvalue weighted by molar-refractivity contribution is -0.153. The summed E-state index contributed by atoms with van der Waals surface area (Å²) < 4.78 is 5.23. The lowest BCUT2D eigenvalue weighted by Crippen LogP contribution is -2.24. The van der Waals surface area contributed by atoms with Gasteiger partial charge in [-0.2, -0.15) is 0 Å². The first-order chi connectivity index (χ1) is 7.28. The number of carbonyl (C=O) groups excluding carboxylic acids is 1. The molecule has 0 unspecified atom stereocenters. The van der Waals surface area contributed by atoms with Crippen molar-refractivity contribution in [3.8, 4) is 0 Å². The van der Waals surface area contributed by atoms with Crippen LogP contribution < -0.4 is 0 Å². The number of halogens is 1. The van der Waals surface area contributed by atoms with Gasteiger partial charge in [-0.05, 0) is 44.9 Å². The van der Waals surface area contributed by atoms with Gasteiger partial charge in [0.05, 0.1) is 6.42 Å². The predicted molar refractivity (Wildman–Crippen MR) is 65.7 cm³/mol. The molecule has 0 spiro atoms. The highest BCUT2D eigenvalue weighted by molar-refractivity contribution is 6.31. The highest BCUT2D eigenvalue weighted by Crippen LogP contribution is 2.18. The van der Waals surface area contributed by atoms with E-state index in [0.717, 1.165) is 11.1 Å². The topological polar surface area (TPSA) is 26.3 Å². The lowest BCUT2D eigenvalue weighted by atomic mass is 10.1. The van der Waals surface area contributed by atoms with Crippen LogP contribution in [0.25, 0.3) is 0 Å². The number of hydrogen-bond donors (Lipinski definition) is 0. The van der Waals surface area contributed by atoms with Crippen LogP contribution in [0.15, 0.2) is 18.2 Å². The van der Waals surface area contributed by atoms with Crippen molar-refractivity contribution < 1.29 is 9.53 Å². The Hall–Kier alpha value is -1.02. The zero-order valence-corrected chi connectivity index (χ0v) is 10.9. The van der Waals surface area contributed by atoms with Gasteiger partial charge in [-0.3, -0.25) is 4.79 Å². The van der Waals surface area contributed by atoms with Crippen molar-refractivity contribution in [2.75, 3.05) is 0 Å². The predicted octanol–water partition coefficient (Wildman–Crippen LogP) is 3.53. The van der Waals surface area contributed by atoms with E-state index in [4.69, 9.17) is 16.3 Å². The first-order valence-corrected chi connectivity index (χ1v) is 5.62. The van der Waals surface area contributed by atoms with Crippen LogP contribution in [-0.2, 0) is 16.0 Å². The van der Waals surface area contributed by atoms with E-state index < -0.39 is 5.60 Å². The highest BCUT2D eigenvalue weighted by Gasteiger charge is 2.16. The summed E-state index contributed by atoms with van der Waals surface area (Å²) in [5.41, 5.74) is 1.45. The Bertz CT molecular complexity index is 391. The molecule has 0 N–H and O–H groups in total. The second kappa shape index (κ2) is 4.88. The van der Waals surface area contributed by atoms with Gasteiger partial charge in [-0.25, -0.2) is 0 Å². The molecule has 16 heavy (non-hydrogen) atoms. The summed E-state index contributed by atoms with van der Waals surface area (Å²) in [5, 5.41) is 0.682. The van der Waals surface area contributed by atoms with Crippen molar-refractivity contribution in [2.45, 2.75) is 39.7 Å². The maximum atomic E-state index is 11.6. The van der Waals surface area contributed by atoms with E-state index >= 15 is 0 Å². The molecule has 0 saturated carbocycles. The molecule has 0 aliphatic carbocycles. The van der Waals surface area contributed by atoms with Crippen LogP contribution in [0.4, 0.5) is 0 Å². The van der Waals surface area contributed by atoms with Gasteiger partial charge >= 0.3 is 5.97 Å². The summed E-state index contributed by atoms with van der Waals surface area (Å²) in [6.07, 6.45) is 0.261. The molecule has 0 saturated heterocycles. The Morgan fingerprint density at radius 2 is 2.00 bits per heavy atom. The van der Waals surface area contributed by atoms with Gasteiger partial charge in [0, 0.05) is 5.02 Å². The van der Waals surface area contributed by atoms with Crippen molar-refractivity contribution in [2.24, 2.45) is 0 Å². The van der Waals surface area contributed by atoms with E-state index in [-0.39, 0.29) is 12.4 Å². The minimum atomic E-state index is -0.439. The largest absolute Gasteiger partial charge is 0.460 e. The average molecular weight is 241 g/mol. The van der Waals surface area contributed by atoms with Crippen molar-refractivity contribution in [1.29, 1.82) is 0 Å². The van der Waals surface area contributed by atoms with Crippen LogP contribution in [0.5, 0.6) is 0 Å². The molecule has 0 aromatic heterocycles. The Labute approximate surface area is 102 Å². The van der Waals surface area contributed by atoms with Crippen molar-refractivity contribution in [3.05, 3.63) is 34.3 Å². The molecule has 1 aromatic carbocycles. The smallest absolute Gasteiger partial charge is 0.310 e. The molecule has 0 fully saturated rings. The van der Waals surface area contributed by atoms with Crippen molar-refractivity contribution >= 4 is 17.6 Å². The van der Waals surface area contributed by atoms with Gasteiger partial charge in [-0.15, -0.1) is 0 Å². The molecule has 0 aliphatic rings. The van der Waals surface area contributed by atoms with Crippen molar-refractivity contribution in [3.63, 3.8) is 0 Å². The van der Waals surface area contributed by atoms with Gasteiger partial charge < -0.3 is 4.74 Å². The van der Waals surface area contributed by atoms with Crippen LogP contribution in [0.2, 0.25) is 5.02 Å². The maximum absolute atomic E-state index is 11.6. The quantitative estimate of drug-likeness (QED) is 0.740. The van der Waals surface area contributed by atoms with Crippen molar-refractivity contribution in [1.82, 2.24) is 0 Å². The number of aryl methyl sites for hydroxylation is 1. The SMILES string of the molecule is Cc1ccc(CC(=O)OC(C)(C)C)cc1Cl. The fourth-order valence-corrected chi connectivity index (χ4v) is 1.49. The Kier molecular flexibility index (Phi) is 3.98. The van der Waals surface area contributed by atoms with Crippen LogP contribution in [-0.4, -0.2) is 11.6 Å². The summed E-state index contributed by atoms with van der Waals surface area (Å²) in [4.78, 5) is 11.6. The number of hydrogen-bond acceptors (Lipinski definition) is 2. The fourth-order valence-electron chi connectivity index (χ4n) is 1.29. The van der Waals surface area contributed by atoms with E-state index in [1.54, 1.807) is 6.07 Å². The second-order valence-electron chi connectivity index (χ2n) is 4.85. The highest BCUT2D eigenvalue weighted by atomic mass is 35.5. The standard InChI is InChI=1S/C13H17ClO2/c1-9-5-6-10(7-11(9)14)8-12(15)16-13(2,3)4/h5-7H,8H2,1-4H3. The van der Waals surface area contributed by atoms with Crippen LogP contribution in [0.1, 0.15) is 31.9 Å². The Balaban J connectivity index is 2.67. The lowest BCUT2D eigenvalue weighted by Gasteiger charge is -2.19. The molecule has 88 valence electrons. The zero-order valence-electron chi connectivity index (χ0n) is 10.1.